The van der Waals surface area contributed by atoms with Crippen LogP contribution in [0.4, 0.5) is 0 Å². The average molecular weight is 242 g/mol. The van der Waals surface area contributed by atoms with Crippen molar-refractivity contribution in [1.29, 1.82) is 0 Å². The van der Waals surface area contributed by atoms with Crippen LogP contribution in [0, 0.1) is 5.92 Å². The molecule has 2 aromatic heterocycles. The van der Waals surface area contributed by atoms with Crippen molar-refractivity contribution in [2.24, 2.45) is 5.92 Å². The van der Waals surface area contributed by atoms with Gasteiger partial charge in [-0.2, -0.15) is 0 Å². The molecule has 4 heteroatoms. The van der Waals surface area contributed by atoms with Gasteiger partial charge in [0.2, 0.25) is 0 Å². The lowest BCUT2D eigenvalue weighted by Crippen LogP contribution is -2.11. The van der Waals surface area contributed by atoms with Crippen LogP contribution in [0.3, 0.4) is 0 Å². The van der Waals surface area contributed by atoms with E-state index in [0.29, 0.717) is 11.6 Å². The van der Waals surface area contributed by atoms with Gasteiger partial charge in [0.15, 0.2) is 0 Å². The zero-order chi connectivity index (χ0) is 12.5. The highest BCUT2D eigenvalue weighted by atomic mass is 16.4. The number of rotatable bonds is 4. The van der Waals surface area contributed by atoms with Crippen LogP contribution in [0.15, 0.2) is 36.5 Å². The van der Waals surface area contributed by atoms with Crippen LogP contribution in [0.5, 0.6) is 0 Å². The summed E-state index contributed by atoms with van der Waals surface area (Å²) in [6.45, 7) is 0.778. The summed E-state index contributed by atoms with van der Waals surface area (Å²) in [5, 5.41) is 9.22. The highest BCUT2D eigenvalue weighted by Crippen LogP contribution is 2.33. The summed E-state index contributed by atoms with van der Waals surface area (Å²) in [5.41, 5.74) is 2.06. The molecule has 0 amide bonds. The van der Waals surface area contributed by atoms with Crippen LogP contribution < -0.4 is 0 Å². The summed E-state index contributed by atoms with van der Waals surface area (Å²) in [6.07, 6.45) is 4.11. The summed E-state index contributed by atoms with van der Waals surface area (Å²) in [4.78, 5) is 15.5. The summed E-state index contributed by atoms with van der Waals surface area (Å²) >= 11 is 0. The van der Waals surface area contributed by atoms with Crippen molar-refractivity contribution in [3.63, 3.8) is 0 Å². The second-order valence-corrected chi connectivity index (χ2v) is 4.68. The molecule has 1 aliphatic carbocycles. The number of carbonyl (C=O) groups is 1. The zero-order valence-electron chi connectivity index (χ0n) is 9.91. The third-order valence-corrected chi connectivity index (χ3v) is 3.26. The molecule has 1 saturated carbocycles. The van der Waals surface area contributed by atoms with E-state index in [-0.39, 0.29) is 0 Å². The van der Waals surface area contributed by atoms with Crippen LogP contribution in [-0.2, 0) is 6.54 Å². The summed E-state index contributed by atoms with van der Waals surface area (Å²) < 4.78 is 1.88. The minimum Gasteiger partial charge on any atom is -0.477 e. The van der Waals surface area contributed by atoms with Crippen molar-refractivity contribution < 1.29 is 9.90 Å². The van der Waals surface area contributed by atoms with E-state index in [1.807, 2.05) is 28.8 Å². The molecule has 1 N–H and O–H groups in total. The Kier molecular flexibility index (Phi) is 2.63. The molecule has 0 saturated heterocycles. The molecule has 0 atom stereocenters. The largest absolute Gasteiger partial charge is 0.477 e. The van der Waals surface area contributed by atoms with Crippen LogP contribution in [0.2, 0.25) is 0 Å². The molecular weight excluding hydrogens is 228 g/mol. The number of aromatic carboxylic acids is 1. The lowest BCUT2D eigenvalue weighted by atomic mass is 10.2. The first kappa shape index (κ1) is 11.0. The van der Waals surface area contributed by atoms with Gasteiger partial charge in [-0.25, -0.2) is 4.79 Å². The Balaban J connectivity index is 2.05. The van der Waals surface area contributed by atoms with Gasteiger partial charge in [0.05, 0.1) is 11.4 Å². The molecule has 0 bridgehead atoms. The smallest absolute Gasteiger partial charge is 0.352 e. The van der Waals surface area contributed by atoms with Crippen molar-refractivity contribution in [2.45, 2.75) is 19.4 Å². The molecule has 0 radical (unpaired) electrons. The van der Waals surface area contributed by atoms with Gasteiger partial charge in [0.25, 0.3) is 0 Å². The van der Waals surface area contributed by atoms with Crippen molar-refractivity contribution >= 4 is 5.97 Å². The van der Waals surface area contributed by atoms with Gasteiger partial charge in [0, 0.05) is 12.7 Å². The van der Waals surface area contributed by atoms with Gasteiger partial charge in [-0.3, -0.25) is 4.98 Å². The Morgan fingerprint density at radius 3 is 2.78 bits per heavy atom. The predicted molar refractivity (Wildman–Crippen MR) is 67.3 cm³/mol. The predicted octanol–water partition coefficient (Wildman–Crippen LogP) is 2.66. The van der Waals surface area contributed by atoms with Crippen LogP contribution in [0.25, 0.3) is 11.4 Å². The van der Waals surface area contributed by atoms with Crippen molar-refractivity contribution in [3.05, 3.63) is 42.2 Å². The first-order chi connectivity index (χ1) is 8.75. The number of hydrogen-bond donors (Lipinski definition) is 1. The first-order valence-corrected chi connectivity index (χ1v) is 6.10. The van der Waals surface area contributed by atoms with E-state index in [1.54, 1.807) is 12.3 Å². The van der Waals surface area contributed by atoms with E-state index >= 15 is 0 Å². The monoisotopic (exact) mass is 242 g/mol. The first-order valence-electron chi connectivity index (χ1n) is 6.10. The Morgan fingerprint density at radius 1 is 1.33 bits per heavy atom. The number of carboxylic acids is 1. The van der Waals surface area contributed by atoms with Gasteiger partial charge >= 0.3 is 5.97 Å². The van der Waals surface area contributed by atoms with E-state index in [0.717, 1.165) is 17.9 Å². The summed E-state index contributed by atoms with van der Waals surface area (Å²) in [5.74, 6) is -0.254. The highest BCUT2D eigenvalue weighted by Gasteiger charge is 2.25. The fraction of sp³-hybridized carbons (Fsp3) is 0.286. The van der Waals surface area contributed by atoms with E-state index in [1.165, 1.54) is 12.8 Å². The quantitative estimate of drug-likeness (QED) is 0.896. The maximum absolute atomic E-state index is 11.2. The molecule has 3 rings (SSSR count). The SMILES string of the molecule is O=C(O)c1ccc(-c2ccccn2)n1CC1CC1. The van der Waals surface area contributed by atoms with Crippen LogP contribution >= 0.6 is 0 Å². The van der Waals surface area contributed by atoms with E-state index in [2.05, 4.69) is 4.98 Å². The Bertz CT molecular complexity index is 571. The van der Waals surface area contributed by atoms with Gasteiger partial charge in [-0.15, -0.1) is 0 Å². The van der Waals surface area contributed by atoms with E-state index in [4.69, 9.17) is 0 Å². The van der Waals surface area contributed by atoms with E-state index < -0.39 is 5.97 Å². The molecule has 0 spiro atoms. The fourth-order valence-corrected chi connectivity index (χ4v) is 2.15. The second kappa shape index (κ2) is 4.29. The van der Waals surface area contributed by atoms with Gasteiger partial charge in [-0.05, 0) is 43.0 Å². The third-order valence-electron chi connectivity index (χ3n) is 3.26. The Morgan fingerprint density at radius 2 is 2.17 bits per heavy atom. The molecule has 92 valence electrons. The molecule has 0 aromatic carbocycles. The fourth-order valence-electron chi connectivity index (χ4n) is 2.15. The zero-order valence-corrected chi connectivity index (χ0v) is 9.91. The molecule has 2 heterocycles. The van der Waals surface area contributed by atoms with Gasteiger partial charge in [-0.1, -0.05) is 6.07 Å². The molecule has 18 heavy (non-hydrogen) atoms. The summed E-state index contributed by atoms with van der Waals surface area (Å²) in [7, 11) is 0. The van der Waals surface area contributed by atoms with Crippen molar-refractivity contribution in [2.75, 3.05) is 0 Å². The van der Waals surface area contributed by atoms with Gasteiger partial charge in [0.1, 0.15) is 5.69 Å². The normalized spacial score (nSPS) is 14.7. The number of hydrogen-bond acceptors (Lipinski definition) is 2. The Hall–Kier alpha value is -2.10. The maximum atomic E-state index is 11.2. The molecule has 2 aromatic rings. The van der Waals surface area contributed by atoms with Crippen LogP contribution in [0.1, 0.15) is 23.3 Å². The lowest BCUT2D eigenvalue weighted by molar-refractivity contribution is 0.0685. The molecular formula is C14H14N2O2. The lowest BCUT2D eigenvalue weighted by Gasteiger charge is -2.10. The van der Waals surface area contributed by atoms with Crippen LogP contribution in [-0.4, -0.2) is 20.6 Å². The number of nitrogens with zero attached hydrogens (tertiary/aromatic N) is 2. The van der Waals surface area contributed by atoms with Crippen molar-refractivity contribution in [3.8, 4) is 11.4 Å². The molecule has 1 aliphatic rings. The minimum absolute atomic E-state index is 0.350. The minimum atomic E-state index is -0.877. The molecule has 1 fully saturated rings. The summed E-state index contributed by atoms with van der Waals surface area (Å²) in [6, 6.07) is 9.18. The van der Waals surface area contributed by atoms with Crippen molar-refractivity contribution in [1.82, 2.24) is 9.55 Å². The standard InChI is InChI=1S/C14H14N2O2/c17-14(18)13-7-6-12(11-3-1-2-8-15-11)16(13)9-10-4-5-10/h1-3,6-8,10H,4-5,9H2,(H,17,18). The molecule has 4 nitrogen and oxygen atoms in total. The highest BCUT2D eigenvalue weighted by molar-refractivity contribution is 5.87. The molecule has 0 aliphatic heterocycles. The average Bonchev–Trinajstić information content (AvgIpc) is 3.08. The molecule has 0 unspecified atom stereocenters. The number of pyridine rings is 1. The third kappa shape index (κ3) is 2.01. The second-order valence-electron chi connectivity index (χ2n) is 4.68. The Labute approximate surface area is 105 Å². The topological polar surface area (TPSA) is 55.1 Å². The maximum Gasteiger partial charge on any atom is 0.352 e. The van der Waals surface area contributed by atoms with E-state index in [9.17, 15) is 9.90 Å². The number of aromatic nitrogens is 2. The number of carboxylic acid groups (broad SMARTS) is 1. The van der Waals surface area contributed by atoms with Gasteiger partial charge < -0.3 is 9.67 Å².